The number of aromatic nitrogens is 2. The number of ether oxygens (including phenoxy) is 1. The predicted octanol–water partition coefficient (Wildman–Crippen LogP) is 0.758. The van der Waals surface area contributed by atoms with E-state index in [0.29, 0.717) is 13.0 Å². The summed E-state index contributed by atoms with van der Waals surface area (Å²) in [7, 11) is 0. The van der Waals surface area contributed by atoms with Gasteiger partial charge >= 0.3 is 5.97 Å². The molecule has 2 rings (SSSR count). The average molecular weight is 280 g/mol. The van der Waals surface area contributed by atoms with Gasteiger partial charge in [0.1, 0.15) is 11.4 Å². The van der Waals surface area contributed by atoms with Gasteiger partial charge < -0.3 is 15.0 Å². The van der Waals surface area contributed by atoms with Crippen molar-refractivity contribution in [3.63, 3.8) is 0 Å². The molecular formula is C14H24N4O2. The lowest BCUT2D eigenvalue weighted by atomic mass is 9.94. The van der Waals surface area contributed by atoms with Gasteiger partial charge in [-0.25, -0.2) is 4.98 Å². The van der Waals surface area contributed by atoms with E-state index < -0.39 is 5.54 Å². The third-order valence-corrected chi connectivity index (χ3v) is 3.86. The molecule has 1 aliphatic heterocycles. The van der Waals surface area contributed by atoms with Gasteiger partial charge in [0, 0.05) is 31.5 Å². The van der Waals surface area contributed by atoms with Crippen LogP contribution in [0.3, 0.4) is 0 Å². The van der Waals surface area contributed by atoms with Crippen LogP contribution in [0.4, 0.5) is 0 Å². The first-order chi connectivity index (χ1) is 9.44. The lowest BCUT2D eigenvalue weighted by molar-refractivity contribution is -0.149. The Kier molecular flexibility index (Phi) is 4.45. The van der Waals surface area contributed by atoms with Gasteiger partial charge in [-0.3, -0.25) is 9.69 Å². The molecule has 1 aliphatic rings. The standard InChI is InChI=1S/C14H24N4O2/c1-4-20-13(19)14(3,15)9-11(2)18-8-7-17-6-5-16-12(17)10-18/h5-6,11H,4,7-10,15H2,1-3H3. The lowest BCUT2D eigenvalue weighted by Crippen LogP contribution is -2.52. The van der Waals surface area contributed by atoms with E-state index in [0.717, 1.165) is 25.5 Å². The van der Waals surface area contributed by atoms with Crippen molar-refractivity contribution in [3.8, 4) is 0 Å². The molecule has 0 aliphatic carbocycles. The van der Waals surface area contributed by atoms with Crippen molar-refractivity contribution in [2.24, 2.45) is 5.73 Å². The zero-order chi connectivity index (χ0) is 14.8. The fourth-order valence-corrected chi connectivity index (χ4v) is 2.69. The topological polar surface area (TPSA) is 73.4 Å². The van der Waals surface area contributed by atoms with Crippen LogP contribution in [0.1, 0.15) is 33.0 Å². The molecule has 2 heterocycles. The molecule has 20 heavy (non-hydrogen) atoms. The van der Waals surface area contributed by atoms with Gasteiger partial charge in [0.25, 0.3) is 0 Å². The van der Waals surface area contributed by atoms with Crippen molar-refractivity contribution < 1.29 is 9.53 Å². The zero-order valence-electron chi connectivity index (χ0n) is 12.5. The lowest BCUT2D eigenvalue weighted by Gasteiger charge is -2.36. The second-order valence-electron chi connectivity index (χ2n) is 5.70. The molecule has 0 bridgehead atoms. The molecule has 0 saturated heterocycles. The summed E-state index contributed by atoms with van der Waals surface area (Å²) >= 11 is 0. The fourth-order valence-electron chi connectivity index (χ4n) is 2.69. The van der Waals surface area contributed by atoms with Crippen LogP contribution in [0.2, 0.25) is 0 Å². The quantitative estimate of drug-likeness (QED) is 0.806. The number of imidazole rings is 1. The molecule has 0 amide bonds. The van der Waals surface area contributed by atoms with E-state index in [1.807, 2.05) is 12.4 Å². The largest absolute Gasteiger partial charge is 0.465 e. The molecule has 6 nitrogen and oxygen atoms in total. The van der Waals surface area contributed by atoms with E-state index >= 15 is 0 Å². The van der Waals surface area contributed by atoms with Crippen molar-refractivity contribution in [2.45, 2.75) is 51.9 Å². The molecule has 6 heteroatoms. The summed E-state index contributed by atoms with van der Waals surface area (Å²) in [6, 6.07) is 0.208. The molecule has 0 spiro atoms. The van der Waals surface area contributed by atoms with Crippen LogP contribution in [-0.2, 0) is 22.6 Å². The summed E-state index contributed by atoms with van der Waals surface area (Å²) < 4.78 is 7.20. The molecule has 2 atom stereocenters. The van der Waals surface area contributed by atoms with Gasteiger partial charge in [-0.15, -0.1) is 0 Å². The first-order valence-electron chi connectivity index (χ1n) is 7.14. The Bertz CT molecular complexity index is 469. The van der Waals surface area contributed by atoms with Gasteiger partial charge in [-0.1, -0.05) is 0 Å². The highest BCUT2D eigenvalue weighted by Gasteiger charge is 2.34. The SMILES string of the molecule is CCOC(=O)C(C)(N)CC(C)N1CCn2ccnc2C1. The van der Waals surface area contributed by atoms with Crippen molar-refractivity contribution in [1.82, 2.24) is 14.5 Å². The Balaban J connectivity index is 1.95. The summed E-state index contributed by atoms with van der Waals surface area (Å²) in [4.78, 5) is 18.5. The number of rotatable bonds is 5. The van der Waals surface area contributed by atoms with Crippen LogP contribution in [0.5, 0.6) is 0 Å². The third kappa shape index (κ3) is 3.19. The minimum Gasteiger partial charge on any atom is -0.465 e. The average Bonchev–Trinajstić information content (AvgIpc) is 2.85. The monoisotopic (exact) mass is 280 g/mol. The second kappa shape index (κ2) is 5.93. The highest BCUT2D eigenvalue weighted by atomic mass is 16.5. The van der Waals surface area contributed by atoms with Crippen molar-refractivity contribution in [3.05, 3.63) is 18.2 Å². The molecule has 0 saturated carbocycles. The van der Waals surface area contributed by atoms with Crippen molar-refractivity contribution in [1.29, 1.82) is 0 Å². The maximum Gasteiger partial charge on any atom is 0.325 e. The number of esters is 1. The van der Waals surface area contributed by atoms with Crippen LogP contribution in [0.15, 0.2) is 12.4 Å². The van der Waals surface area contributed by atoms with Gasteiger partial charge in [-0.2, -0.15) is 0 Å². The van der Waals surface area contributed by atoms with Crippen LogP contribution in [0.25, 0.3) is 0 Å². The summed E-state index contributed by atoms with van der Waals surface area (Å²) in [5.41, 5.74) is 5.16. The zero-order valence-corrected chi connectivity index (χ0v) is 12.5. The molecule has 0 aromatic carbocycles. The molecule has 2 unspecified atom stereocenters. The van der Waals surface area contributed by atoms with E-state index in [4.69, 9.17) is 10.5 Å². The number of carbonyl (C=O) groups is 1. The Morgan fingerprint density at radius 1 is 1.60 bits per heavy atom. The van der Waals surface area contributed by atoms with Crippen LogP contribution in [-0.4, -0.2) is 45.2 Å². The smallest absolute Gasteiger partial charge is 0.325 e. The number of hydrogen-bond acceptors (Lipinski definition) is 5. The Labute approximate surface area is 119 Å². The second-order valence-corrected chi connectivity index (χ2v) is 5.70. The van der Waals surface area contributed by atoms with E-state index in [2.05, 4.69) is 21.4 Å². The minimum atomic E-state index is -0.942. The Morgan fingerprint density at radius 2 is 2.35 bits per heavy atom. The molecular weight excluding hydrogens is 256 g/mol. The highest BCUT2D eigenvalue weighted by molar-refractivity contribution is 5.80. The summed E-state index contributed by atoms with van der Waals surface area (Å²) in [6.07, 6.45) is 4.41. The van der Waals surface area contributed by atoms with Crippen molar-refractivity contribution in [2.75, 3.05) is 13.2 Å². The van der Waals surface area contributed by atoms with Gasteiger partial charge in [0.15, 0.2) is 0 Å². The summed E-state index contributed by atoms with van der Waals surface area (Å²) in [5.74, 6) is 0.739. The highest BCUT2D eigenvalue weighted by Crippen LogP contribution is 2.20. The third-order valence-electron chi connectivity index (χ3n) is 3.86. The predicted molar refractivity (Wildman–Crippen MR) is 75.9 cm³/mol. The first-order valence-corrected chi connectivity index (χ1v) is 7.14. The van der Waals surface area contributed by atoms with Gasteiger partial charge in [-0.05, 0) is 27.2 Å². The van der Waals surface area contributed by atoms with E-state index in [1.165, 1.54) is 0 Å². The molecule has 0 radical (unpaired) electrons. The first kappa shape index (κ1) is 15.0. The molecule has 0 fully saturated rings. The Morgan fingerprint density at radius 3 is 3.05 bits per heavy atom. The number of nitrogens with zero attached hydrogens (tertiary/aromatic N) is 3. The molecule has 2 N–H and O–H groups in total. The maximum atomic E-state index is 11.9. The molecule has 1 aromatic heterocycles. The normalized spacial score (nSPS) is 20.0. The van der Waals surface area contributed by atoms with E-state index in [-0.39, 0.29) is 12.0 Å². The minimum absolute atomic E-state index is 0.208. The van der Waals surface area contributed by atoms with Gasteiger partial charge in [0.2, 0.25) is 0 Å². The van der Waals surface area contributed by atoms with Crippen LogP contribution < -0.4 is 5.73 Å². The van der Waals surface area contributed by atoms with E-state index in [1.54, 1.807) is 13.8 Å². The van der Waals surface area contributed by atoms with E-state index in [9.17, 15) is 4.79 Å². The fraction of sp³-hybridized carbons (Fsp3) is 0.714. The summed E-state index contributed by atoms with van der Waals surface area (Å²) in [5, 5.41) is 0. The number of carbonyl (C=O) groups excluding carboxylic acids is 1. The number of nitrogens with two attached hydrogens (primary N) is 1. The molecule has 112 valence electrons. The van der Waals surface area contributed by atoms with Crippen LogP contribution >= 0.6 is 0 Å². The maximum absolute atomic E-state index is 11.9. The van der Waals surface area contributed by atoms with Crippen molar-refractivity contribution >= 4 is 5.97 Å². The van der Waals surface area contributed by atoms with Gasteiger partial charge in [0.05, 0.1) is 13.2 Å². The Hall–Kier alpha value is -1.40. The summed E-state index contributed by atoms with van der Waals surface area (Å²) in [6.45, 7) is 8.68. The molecule has 1 aromatic rings. The number of fused-ring (bicyclic) bond motifs is 1. The van der Waals surface area contributed by atoms with Crippen LogP contribution in [0, 0.1) is 0 Å². The number of hydrogen-bond donors (Lipinski definition) is 1.